The van der Waals surface area contributed by atoms with Gasteiger partial charge in [0.25, 0.3) is 0 Å². The Morgan fingerprint density at radius 1 is 0.538 bits per heavy atom. The second-order valence-electron chi connectivity index (χ2n) is 24.1. The van der Waals surface area contributed by atoms with Crippen molar-refractivity contribution in [2.24, 2.45) is 4.99 Å². The molecule has 1 aliphatic rings. The van der Waals surface area contributed by atoms with Crippen molar-refractivity contribution in [2.75, 3.05) is 92.4 Å². The number of pyridine rings is 1. The van der Waals surface area contributed by atoms with Crippen molar-refractivity contribution in [3.05, 3.63) is 71.9 Å². The number of rotatable bonds is 59. The molecule has 3 aromatic rings. The number of carbonyl (C=O) groups excluding carboxylic acids is 4. The molecule has 0 fully saturated rings. The van der Waals surface area contributed by atoms with Gasteiger partial charge in [-0.05, 0) is 54.7 Å². The van der Waals surface area contributed by atoms with E-state index >= 15 is 0 Å². The first kappa shape index (κ1) is 80.0. The Kier molecular flexibility index (Phi) is 45.4. The van der Waals surface area contributed by atoms with E-state index in [0.717, 1.165) is 77.9 Å². The smallest absolute Gasteiger partial charge is 0.472 e. The van der Waals surface area contributed by atoms with E-state index in [9.17, 15) is 28.6 Å². The molecule has 2 heterocycles. The number of fused-ring (bicyclic) bond motifs is 1. The number of aryl methyl sites for hydroxylation is 1. The molecule has 0 saturated heterocycles. The van der Waals surface area contributed by atoms with Crippen LogP contribution in [0.4, 0.5) is 10.5 Å². The first-order valence-corrected chi connectivity index (χ1v) is 36.8. The monoisotopic (exact) mass is 1320 g/mol. The molecule has 0 saturated carbocycles. The number of esters is 2. The van der Waals surface area contributed by atoms with E-state index in [2.05, 4.69) is 29.5 Å². The van der Waals surface area contributed by atoms with Gasteiger partial charge in [-0.15, -0.1) is 0 Å². The van der Waals surface area contributed by atoms with Gasteiger partial charge in [-0.3, -0.25) is 23.4 Å². The summed E-state index contributed by atoms with van der Waals surface area (Å²) < 4.78 is 67.2. The summed E-state index contributed by atoms with van der Waals surface area (Å²) in [5, 5.41) is 5.07. The molecule has 93 heavy (non-hydrogen) atoms. The highest BCUT2D eigenvalue weighted by atomic mass is 31.2. The third-order valence-corrected chi connectivity index (χ3v) is 16.9. The summed E-state index contributed by atoms with van der Waals surface area (Å²) in [6, 6.07) is 17.9. The van der Waals surface area contributed by atoms with Crippen LogP contribution in [0.15, 0.2) is 65.8 Å². The van der Waals surface area contributed by atoms with Crippen LogP contribution in [0, 0.1) is 6.92 Å². The molecule has 1 aromatic heterocycles. The van der Waals surface area contributed by atoms with Crippen molar-refractivity contribution >= 4 is 43.2 Å². The zero-order valence-electron chi connectivity index (χ0n) is 56.8. The minimum absolute atomic E-state index is 0.0608. The number of benzene rings is 2. The number of amides is 2. The maximum Gasteiger partial charge on any atom is 0.472 e. The summed E-state index contributed by atoms with van der Waals surface area (Å²) in [4.78, 5) is 69.7. The molecule has 21 heteroatoms. The maximum atomic E-state index is 12.9. The average Bonchev–Trinajstić information content (AvgIpc) is 0.958. The molecule has 2 amide bonds. The lowest BCUT2D eigenvalue weighted by Gasteiger charge is -2.20. The second kappa shape index (κ2) is 52.8. The van der Waals surface area contributed by atoms with E-state index in [4.69, 9.17) is 51.9 Å². The zero-order valence-corrected chi connectivity index (χ0v) is 57.7. The van der Waals surface area contributed by atoms with Gasteiger partial charge in [0.1, 0.15) is 44.5 Å². The Balaban J connectivity index is 0.983. The van der Waals surface area contributed by atoms with E-state index in [-0.39, 0.29) is 64.9 Å². The summed E-state index contributed by atoms with van der Waals surface area (Å²) in [5.74, 6) is -0.0455. The Bertz CT molecular complexity index is 2520. The number of hydrogen-bond acceptors (Lipinski definition) is 17. The molecule has 2 unspecified atom stereocenters. The quantitative estimate of drug-likeness (QED) is 0.0206. The predicted molar refractivity (Wildman–Crippen MR) is 365 cm³/mol. The number of nitrogens with one attached hydrogen (secondary N) is 2. The number of nitrogens with zero attached hydrogens (tertiary/aromatic N) is 2. The number of hydrogen-bond donors (Lipinski definition) is 3. The standard InChI is InChI=1S/C72H115N4O16P/c1-4-6-8-10-12-14-16-18-20-22-24-26-28-30-32-34-70(78)89-56-64(92-71(79)35-33-31-29-27-25-23-21-19-17-15-13-11-9-7-5-2)57-91-93(81,82)90-47-45-74-72(80)87-53-51-85-59-68(77)73-44-46-83-48-49-84-50-52-86-69-43-41-63(55-75-69)61-37-39-62(40-38-61)66-58-88-67-42-36-60(3)54-65(67)76-66/h36-43,54-55,64H,4-35,44-53,56-59H2,1-3H3,(H,73,77)(H,74,80)(H,81,82). The molecule has 0 radical (unpaired) electrons. The van der Waals surface area contributed by atoms with E-state index in [0.29, 0.717) is 51.8 Å². The number of aromatic nitrogens is 1. The van der Waals surface area contributed by atoms with Gasteiger partial charge < -0.3 is 53.4 Å². The van der Waals surface area contributed by atoms with Crippen molar-refractivity contribution in [2.45, 2.75) is 232 Å². The van der Waals surface area contributed by atoms with Gasteiger partial charge in [-0.25, -0.2) is 19.3 Å². The van der Waals surface area contributed by atoms with Crippen molar-refractivity contribution in [3.8, 4) is 22.8 Å². The second-order valence-corrected chi connectivity index (χ2v) is 25.6. The lowest BCUT2D eigenvalue weighted by atomic mass is 10.0. The number of phosphoric acid groups is 1. The number of carbonyl (C=O) groups is 4. The van der Waals surface area contributed by atoms with Crippen LogP contribution in [-0.2, 0) is 56.4 Å². The molecule has 1 aliphatic heterocycles. The fourth-order valence-electron chi connectivity index (χ4n) is 10.5. The first-order chi connectivity index (χ1) is 45.4. The highest BCUT2D eigenvalue weighted by Gasteiger charge is 2.26. The molecule has 20 nitrogen and oxygen atoms in total. The zero-order chi connectivity index (χ0) is 66.5. The molecule has 0 bridgehead atoms. The lowest BCUT2D eigenvalue weighted by molar-refractivity contribution is -0.161. The van der Waals surface area contributed by atoms with Crippen LogP contribution < -0.4 is 20.1 Å². The Hall–Kier alpha value is -5.47. The number of ether oxygens (including phenoxy) is 8. The van der Waals surface area contributed by atoms with Crippen molar-refractivity contribution in [1.82, 2.24) is 15.6 Å². The van der Waals surface area contributed by atoms with Gasteiger partial charge >= 0.3 is 25.9 Å². The molecular formula is C72H115N4O16P. The van der Waals surface area contributed by atoms with Crippen LogP contribution in [0.3, 0.4) is 0 Å². The molecule has 524 valence electrons. The fourth-order valence-corrected chi connectivity index (χ4v) is 11.2. The van der Waals surface area contributed by atoms with Gasteiger partial charge in [-0.1, -0.05) is 224 Å². The van der Waals surface area contributed by atoms with Crippen molar-refractivity contribution in [3.63, 3.8) is 0 Å². The number of phosphoric ester groups is 1. The largest absolute Gasteiger partial charge is 0.485 e. The molecule has 3 N–H and O–H groups in total. The van der Waals surface area contributed by atoms with Gasteiger partial charge in [0.15, 0.2) is 6.10 Å². The van der Waals surface area contributed by atoms with Crippen LogP contribution in [0.5, 0.6) is 11.6 Å². The summed E-state index contributed by atoms with van der Waals surface area (Å²) in [5.41, 5.74) is 5.84. The van der Waals surface area contributed by atoms with Crippen LogP contribution in [0.25, 0.3) is 11.1 Å². The highest BCUT2D eigenvalue weighted by molar-refractivity contribution is 7.47. The van der Waals surface area contributed by atoms with Crippen molar-refractivity contribution < 1.29 is 75.6 Å². The minimum atomic E-state index is -4.69. The molecular weight excluding hydrogens is 1210 g/mol. The van der Waals surface area contributed by atoms with Crippen LogP contribution in [-0.4, -0.2) is 138 Å². The SMILES string of the molecule is CCCCCCCCCCCCCCCCCC(=O)OCC(COP(=O)(O)OCCNC(=O)OCCOCC(=O)NCCOCCOCCOc1ccc(-c2ccc(C3=Nc4cc(C)ccc4OC3)cc2)cn1)OC(=O)CCCCCCCCCCCCCCCCC. The number of aliphatic imine (C=N–C) groups is 1. The summed E-state index contributed by atoms with van der Waals surface area (Å²) in [6.07, 6.45) is 36.4. The minimum Gasteiger partial charge on any atom is -0.485 e. The van der Waals surface area contributed by atoms with Gasteiger partial charge in [-0.2, -0.15) is 0 Å². The highest BCUT2D eigenvalue weighted by Crippen LogP contribution is 2.43. The summed E-state index contributed by atoms with van der Waals surface area (Å²) in [7, 11) is -4.69. The summed E-state index contributed by atoms with van der Waals surface area (Å²) >= 11 is 0. The Morgan fingerprint density at radius 2 is 1.05 bits per heavy atom. The van der Waals surface area contributed by atoms with E-state index in [1.54, 1.807) is 6.20 Å². The van der Waals surface area contributed by atoms with E-state index in [1.165, 1.54) is 141 Å². The lowest BCUT2D eigenvalue weighted by Crippen LogP contribution is -2.32. The van der Waals surface area contributed by atoms with Gasteiger partial charge in [0.2, 0.25) is 11.8 Å². The molecule has 0 spiro atoms. The third kappa shape index (κ3) is 41.2. The average molecular weight is 1320 g/mol. The number of unbranched alkanes of at least 4 members (excludes halogenated alkanes) is 28. The van der Waals surface area contributed by atoms with E-state index < -0.39 is 45.2 Å². The van der Waals surface area contributed by atoms with Gasteiger partial charge in [0.05, 0.1) is 52.0 Å². The third-order valence-electron chi connectivity index (χ3n) is 15.9. The molecule has 2 aromatic carbocycles. The van der Waals surface area contributed by atoms with Crippen LogP contribution >= 0.6 is 7.82 Å². The van der Waals surface area contributed by atoms with Gasteiger partial charge in [0, 0.05) is 43.8 Å². The van der Waals surface area contributed by atoms with Crippen molar-refractivity contribution in [1.29, 1.82) is 0 Å². The normalized spacial score (nSPS) is 12.9. The fraction of sp³-hybridized carbons (Fsp3) is 0.694. The Morgan fingerprint density at radius 3 is 1.63 bits per heavy atom. The topological polar surface area (TPSA) is 247 Å². The predicted octanol–water partition coefficient (Wildman–Crippen LogP) is 16.0. The molecule has 2 atom stereocenters. The maximum absolute atomic E-state index is 12.9. The Labute approximate surface area is 556 Å². The van der Waals surface area contributed by atoms with E-state index in [1.807, 2.05) is 61.5 Å². The molecule has 0 aliphatic carbocycles. The first-order valence-electron chi connectivity index (χ1n) is 35.3. The number of alkyl carbamates (subject to hydrolysis) is 1. The molecule has 4 rings (SSSR count). The van der Waals surface area contributed by atoms with Crippen LogP contribution in [0.2, 0.25) is 0 Å². The van der Waals surface area contributed by atoms with Crippen LogP contribution in [0.1, 0.15) is 230 Å². The summed E-state index contributed by atoms with van der Waals surface area (Å²) in [6.45, 7) is 6.78.